The first kappa shape index (κ1) is 15.2. The van der Waals surface area contributed by atoms with Gasteiger partial charge in [0.2, 0.25) is 0 Å². The average molecular weight is 350 g/mol. The normalized spacial score (nSPS) is 27.0. The van der Waals surface area contributed by atoms with Crippen molar-refractivity contribution in [2.45, 2.75) is 56.1 Å². The first-order valence-electron chi connectivity index (χ1n) is 7.91. The number of hydrogen-bond acceptors (Lipinski definition) is 7. The van der Waals surface area contributed by atoms with Crippen molar-refractivity contribution in [3.05, 3.63) is 16.5 Å². The number of esters is 1. The second-order valence-corrected chi connectivity index (χ2v) is 8.66. The molecule has 0 bridgehead atoms. The van der Waals surface area contributed by atoms with Gasteiger partial charge in [-0.3, -0.25) is 4.79 Å². The molecule has 1 aliphatic heterocycles. The molecule has 0 spiro atoms. The van der Waals surface area contributed by atoms with Crippen molar-refractivity contribution in [2.24, 2.45) is 5.92 Å². The Bertz CT molecular complexity index is 740. The molecule has 2 aromatic rings. The Morgan fingerprint density at radius 2 is 2.22 bits per heavy atom. The number of hydrogen-bond donors (Lipinski definition) is 0. The third-order valence-corrected chi connectivity index (χ3v) is 6.58. The van der Waals surface area contributed by atoms with Gasteiger partial charge in [-0.25, -0.2) is 0 Å². The van der Waals surface area contributed by atoms with E-state index in [-0.39, 0.29) is 17.3 Å². The maximum Gasteiger partial charge on any atom is 0.320 e. The van der Waals surface area contributed by atoms with Crippen LogP contribution in [-0.4, -0.2) is 27.5 Å². The molecule has 23 heavy (non-hydrogen) atoms. The minimum atomic E-state index is -0.240. The summed E-state index contributed by atoms with van der Waals surface area (Å²) in [5, 5.41) is 8.44. The number of carbonyl (C=O) groups excluding carboxylic acids is 1. The summed E-state index contributed by atoms with van der Waals surface area (Å²) < 4.78 is 10.9. The number of nitrogens with zero attached hydrogens (tertiary/aromatic N) is 2. The van der Waals surface area contributed by atoms with Gasteiger partial charge in [0.1, 0.15) is 11.4 Å². The quantitative estimate of drug-likeness (QED) is 0.786. The van der Waals surface area contributed by atoms with Crippen molar-refractivity contribution in [1.82, 2.24) is 10.2 Å². The fourth-order valence-electron chi connectivity index (χ4n) is 3.11. The van der Waals surface area contributed by atoms with Crippen LogP contribution in [0.15, 0.2) is 15.7 Å². The van der Waals surface area contributed by atoms with E-state index in [0.29, 0.717) is 17.5 Å². The van der Waals surface area contributed by atoms with Crippen molar-refractivity contribution in [3.63, 3.8) is 0 Å². The Morgan fingerprint density at radius 3 is 3.00 bits per heavy atom. The number of ether oxygens (including phenoxy) is 1. The zero-order valence-electron chi connectivity index (χ0n) is 13.1. The molecule has 2 aromatic heterocycles. The van der Waals surface area contributed by atoms with Crippen LogP contribution in [0.5, 0.6) is 0 Å². The first-order valence-corrected chi connectivity index (χ1v) is 9.60. The minimum absolute atomic E-state index is 0.0339. The summed E-state index contributed by atoms with van der Waals surface area (Å²) in [5.41, 5.74) is 1.42. The number of thioether (sulfide) groups is 1. The summed E-state index contributed by atoms with van der Waals surface area (Å²) in [6.45, 7) is 4.19. The Morgan fingerprint density at radius 1 is 1.35 bits per heavy atom. The monoisotopic (exact) mass is 350 g/mol. The topological polar surface area (TPSA) is 65.2 Å². The van der Waals surface area contributed by atoms with Crippen LogP contribution >= 0.6 is 23.1 Å². The molecule has 0 aromatic carbocycles. The van der Waals surface area contributed by atoms with Crippen molar-refractivity contribution >= 4 is 29.1 Å². The van der Waals surface area contributed by atoms with Crippen LogP contribution in [0.1, 0.15) is 37.1 Å². The van der Waals surface area contributed by atoms with Gasteiger partial charge in [-0.15, -0.1) is 21.5 Å². The third kappa shape index (κ3) is 3.04. The smallest absolute Gasteiger partial charge is 0.320 e. The molecule has 1 aliphatic carbocycles. The molecule has 0 amide bonds. The lowest BCUT2D eigenvalue weighted by Gasteiger charge is -2.16. The Kier molecular flexibility index (Phi) is 3.93. The molecule has 0 radical (unpaired) electrons. The van der Waals surface area contributed by atoms with Gasteiger partial charge >= 0.3 is 5.97 Å². The number of thiophene rings is 1. The van der Waals surface area contributed by atoms with E-state index in [1.165, 1.54) is 28.6 Å². The van der Waals surface area contributed by atoms with E-state index >= 15 is 0 Å². The molecule has 3 atom stereocenters. The molecule has 0 N–H and O–H groups in total. The maximum absolute atomic E-state index is 11.7. The fourth-order valence-corrected chi connectivity index (χ4v) is 5.21. The molecular weight excluding hydrogens is 332 g/mol. The van der Waals surface area contributed by atoms with Crippen molar-refractivity contribution in [3.8, 4) is 10.8 Å². The number of cyclic esters (lactones) is 1. The zero-order chi connectivity index (χ0) is 16.0. The number of carbonyl (C=O) groups is 1. The highest BCUT2D eigenvalue weighted by atomic mass is 32.2. The summed E-state index contributed by atoms with van der Waals surface area (Å²) in [6, 6.07) is 2.18. The lowest BCUT2D eigenvalue weighted by molar-refractivity contribution is -0.140. The lowest BCUT2D eigenvalue weighted by atomic mass is 9.90. The molecule has 3 heterocycles. The highest BCUT2D eigenvalue weighted by molar-refractivity contribution is 8.00. The average Bonchev–Trinajstić information content (AvgIpc) is 3.18. The Labute approximate surface area is 142 Å². The van der Waals surface area contributed by atoms with Gasteiger partial charge in [0, 0.05) is 11.3 Å². The van der Waals surface area contributed by atoms with Crippen LogP contribution in [0.4, 0.5) is 0 Å². The molecule has 4 rings (SSSR count). The van der Waals surface area contributed by atoms with Crippen molar-refractivity contribution in [2.75, 3.05) is 0 Å². The molecule has 122 valence electrons. The third-order valence-electron chi connectivity index (χ3n) is 4.32. The van der Waals surface area contributed by atoms with E-state index in [4.69, 9.17) is 9.15 Å². The van der Waals surface area contributed by atoms with Gasteiger partial charge in [0.05, 0.1) is 4.88 Å². The molecule has 7 heteroatoms. The summed E-state index contributed by atoms with van der Waals surface area (Å²) in [6.07, 6.45) is 4.18. The molecule has 0 saturated carbocycles. The first-order chi connectivity index (χ1) is 11.1. The second kappa shape index (κ2) is 5.94. The number of aromatic nitrogens is 2. The predicted octanol–water partition coefficient (Wildman–Crippen LogP) is 3.72. The molecule has 3 unspecified atom stereocenters. The van der Waals surface area contributed by atoms with Gasteiger partial charge in [-0.05, 0) is 55.5 Å². The van der Waals surface area contributed by atoms with Crippen LogP contribution in [0, 0.1) is 5.92 Å². The standard InChI is InChI=1S/C16H18N2O3S2/c1-8-3-4-11-10(5-8)7-12(22-11)14-17-18-16(21-14)23-13-6-9(2)20-15(13)19/h7-9,13H,3-6H2,1-2H3. The lowest BCUT2D eigenvalue weighted by Crippen LogP contribution is -2.09. The minimum Gasteiger partial charge on any atom is -0.462 e. The van der Waals surface area contributed by atoms with Gasteiger partial charge in [-0.2, -0.15) is 0 Å². The summed E-state index contributed by atoms with van der Waals surface area (Å²) in [7, 11) is 0. The van der Waals surface area contributed by atoms with Crippen LogP contribution in [0.25, 0.3) is 10.8 Å². The van der Waals surface area contributed by atoms with Gasteiger partial charge in [-0.1, -0.05) is 6.92 Å². The number of fused-ring (bicyclic) bond motifs is 1. The van der Waals surface area contributed by atoms with Crippen molar-refractivity contribution in [1.29, 1.82) is 0 Å². The van der Waals surface area contributed by atoms with Gasteiger partial charge in [0.25, 0.3) is 11.1 Å². The predicted molar refractivity (Wildman–Crippen MR) is 88.6 cm³/mol. The summed E-state index contributed by atoms with van der Waals surface area (Å²) in [5.74, 6) is 1.11. The maximum atomic E-state index is 11.7. The van der Waals surface area contributed by atoms with E-state index in [9.17, 15) is 4.79 Å². The molecule has 1 fully saturated rings. The highest BCUT2D eigenvalue weighted by Crippen LogP contribution is 2.38. The summed E-state index contributed by atoms with van der Waals surface area (Å²) >= 11 is 3.05. The van der Waals surface area contributed by atoms with E-state index in [1.807, 2.05) is 6.92 Å². The van der Waals surface area contributed by atoms with E-state index in [1.54, 1.807) is 11.3 Å². The summed E-state index contributed by atoms with van der Waals surface area (Å²) in [4.78, 5) is 14.2. The van der Waals surface area contributed by atoms with Crippen LogP contribution in [-0.2, 0) is 22.4 Å². The van der Waals surface area contributed by atoms with E-state index < -0.39 is 0 Å². The SMILES string of the molecule is CC1CCc2sc(-c3nnc(SC4CC(C)OC4=O)o3)cc2C1. The van der Waals surface area contributed by atoms with Gasteiger partial charge in [0.15, 0.2) is 0 Å². The Hall–Kier alpha value is -1.34. The second-order valence-electron chi connectivity index (χ2n) is 6.37. The van der Waals surface area contributed by atoms with Crippen LogP contribution in [0.3, 0.4) is 0 Å². The highest BCUT2D eigenvalue weighted by Gasteiger charge is 2.34. The number of rotatable bonds is 3. The molecule has 5 nitrogen and oxygen atoms in total. The van der Waals surface area contributed by atoms with Crippen LogP contribution in [0.2, 0.25) is 0 Å². The largest absolute Gasteiger partial charge is 0.462 e. The fraction of sp³-hybridized carbons (Fsp3) is 0.562. The zero-order valence-corrected chi connectivity index (χ0v) is 14.7. The van der Waals surface area contributed by atoms with Crippen molar-refractivity contribution < 1.29 is 13.9 Å². The number of aryl methyl sites for hydroxylation is 1. The van der Waals surface area contributed by atoms with Gasteiger partial charge < -0.3 is 9.15 Å². The van der Waals surface area contributed by atoms with E-state index in [0.717, 1.165) is 23.6 Å². The Balaban J connectivity index is 1.51. The van der Waals surface area contributed by atoms with Crippen LogP contribution < -0.4 is 0 Å². The molecule has 2 aliphatic rings. The van der Waals surface area contributed by atoms with E-state index in [2.05, 4.69) is 23.2 Å². The molecule has 1 saturated heterocycles. The molecular formula is C16H18N2O3S2.